The topological polar surface area (TPSA) is 79.5 Å². The van der Waals surface area contributed by atoms with Crippen molar-refractivity contribution in [2.24, 2.45) is 0 Å². The summed E-state index contributed by atoms with van der Waals surface area (Å²) in [7, 11) is 0. The van der Waals surface area contributed by atoms with Crippen LogP contribution in [0.25, 0.3) is 0 Å². The van der Waals surface area contributed by atoms with E-state index in [9.17, 15) is 9.59 Å². The van der Waals surface area contributed by atoms with Gasteiger partial charge in [-0.2, -0.15) is 0 Å². The van der Waals surface area contributed by atoms with Crippen LogP contribution >= 0.6 is 23.2 Å². The largest absolute Gasteiger partial charge is 0.444 e. The molecule has 30 heavy (non-hydrogen) atoms. The number of benzene rings is 1. The van der Waals surface area contributed by atoms with Gasteiger partial charge in [0.1, 0.15) is 5.60 Å². The lowest BCUT2D eigenvalue weighted by atomic mass is 9.91. The molecule has 3 amide bonds. The molecule has 1 fully saturated rings. The Balaban J connectivity index is 1.72. The average Bonchev–Trinajstić information content (AvgIpc) is 2.62. The second-order valence-corrected chi connectivity index (χ2v) is 9.25. The number of amides is 3. The van der Waals surface area contributed by atoms with Crippen LogP contribution in [0.15, 0.2) is 18.2 Å². The lowest BCUT2D eigenvalue weighted by molar-refractivity contribution is 0.0490. The molecule has 1 aliphatic rings. The first-order chi connectivity index (χ1) is 14.0. The van der Waals surface area contributed by atoms with E-state index in [1.807, 2.05) is 27.7 Å². The second-order valence-electron chi connectivity index (χ2n) is 8.43. The van der Waals surface area contributed by atoms with Crippen LogP contribution in [0.5, 0.6) is 0 Å². The first-order valence-electron chi connectivity index (χ1n) is 10.0. The van der Waals surface area contributed by atoms with Crippen molar-refractivity contribution in [2.45, 2.75) is 77.1 Å². The Morgan fingerprint density at radius 3 is 2.23 bits per heavy atom. The molecule has 1 saturated carbocycles. The second kappa shape index (κ2) is 10.8. The third kappa shape index (κ3) is 8.73. The lowest BCUT2D eigenvalue weighted by Gasteiger charge is -2.30. The summed E-state index contributed by atoms with van der Waals surface area (Å²) in [4.78, 5) is 24.1. The fourth-order valence-corrected chi connectivity index (χ4v) is 3.38. The molecule has 0 spiro atoms. The summed E-state index contributed by atoms with van der Waals surface area (Å²) in [6, 6.07) is 4.70. The van der Waals surface area contributed by atoms with Crippen LogP contribution < -0.4 is 16.0 Å². The van der Waals surface area contributed by atoms with E-state index in [-0.39, 0.29) is 24.2 Å². The number of ether oxygens (including phenoxy) is 1. The smallest absolute Gasteiger partial charge is 0.407 e. The first-order valence-corrected chi connectivity index (χ1v) is 10.8. The van der Waals surface area contributed by atoms with Crippen LogP contribution in [0.3, 0.4) is 0 Å². The molecule has 2 rings (SSSR count). The molecule has 164 valence electrons. The average molecular weight is 454 g/mol. The molecule has 0 radical (unpaired) electrons. The van der Waals surface area contributed by atoms with E-state index in [1.165, 1.54) is 0 Å². The minimum absolute atomic E-state index is 0.0666. The van der Waals surface area contributed by atoms with Crippen molar-refractivity contribution >= 4 is 35.3 Å². The highest BCUT2D eigenvalue weighted by atomic mass is 35.5. The van der Waals surface area contributed by atoms with E-state index in [1.54, 1.807) is 18.2 Å². The van der Waals surface area contributed by atoms with Crippen molar-refractivity contribution in [2.75, 3.05) is 0 Å². The van der Waals surface area contributed by atoms with E-state index < -0.39 is 11.7 Å². The number of alkyl carbamates (subject to hydrolysis) is 1. The molecular formula is C22H29Cl2N3O3. The summed E-state index contributed by atoms with van der Waals surface area (Å²) in [6.07, 6.45) is 2.76. The van der Waals surface area contributed by atoms with Gasteiger partial charge in [0.25, 0.3) is 0 Å². The molecular weight excluding hydrogens is 425 g/mol. The number of carbonyl (C=O) groups is 2. The van der Waals surface area contributed by atoms with E-state index in [4.69, 9.17) is 27.9 Å². The zero-order valence-corrected chi connectivity index (χ0v) is 19.3. The van der Waals surface area contributed by atoms with Crippen molar-refractivity contribution in [3.05, 3.63) is 33.8 Å². The molecule has 1 aliphatic carbocycles. The molecule has 1 atom stereocenters. The number of nitrogens with one attached hydrogen (secondary N) is 3. The Hall–Kier alpha value is -2.10. The minimum Gasteiger partial charge on any atom is -0.444 e. The fourth-order valence-electron chi connectivity index (χ4n) is 3.08. The Labute approximate surface area is 188 Å². The minimum atomic E-state index is -0.514. The number of hydrogen-bond acceptors (Lipinski definition) is 3. The Bertz CT molecular complexity index is 819. The standard InChI is InChI=1S/C22H29Cl2N3O3/c1-14(5-6-15-7-12-18(23)19(24)13-15)25-20(28)26-16-8-10-17(11-9-16)27-21(29)30-22(2,3)4/h7,12-14,16-17H,8-11H2,1-4H3,(H,27,29)(H2,25,26,28). The van der Waals surface area contributed by atoms with Gasteiger partial charge in [0.15, 0.2) is 0 Å². The maximum absolute atomic E-state index is 12.2. The maximum Gasteiger partial charge on any atom is 0.407 e. The quantitative estimate of drug-likeness (QED) is 0.571. The molecule has 6 nitrogen and oxygen atoms in total. The zero-order chi connectivity index (χ0) is 22.3. The summed E-state index contributed by atoms with van der Waals surface area (Å²) in [5.41, 5.74) is 0.217. The maximum atomic E-state index is 12.2. The van der Waals surface area contributed by atoms with Crippen molar-refractivity contribution in [3.8, 4) is 11.8 Å². The highest BCUT2D eigenvalue weighted by Crippen LogP contribution is 2.22. The van der Waals surface area contributed by atoms with Crippen LogP contribution in [-0.2, 0) is 4.74 Å². The van der Waals surface area contributed by atoms with Gasteiger partial charge in [0.05, 0.1) is 16.1 Å². The molecule has 0 heterocycles. The summed E-state index contributed by atoms with van der Waals surface area (Å²) in [5, 5.41) is 9.61. The van der Waals surface area contributed by atoms with Gasteiger partial charge in [-0.15, -0.1) is 0 Å². The van der Waals surface area contributed by atoms with Gasteiger partial charge in [-0.1, -0.05) is 35.0 Å². The molecule has 1 aromatic rings. The number of rotatable bonds is 3. The van der Waals surface area contributed by atoms with E-state index in [2.05, 4.69) is 27.8 Å². The summed E-state index contributed by atoms with van der Waals surface area (Å²) >= 11 is 11.9. The third-order valence-corrected chi connectivity index (χ3v) is 5.22. The van der Waals surface area contributed by atoms with E-state index in [0.717, 1.165) is 31.2 Å². The number of hydrogen-bond donors (Lipinski definition) is 3. The molecule has 0 aromatic heterocycles. The summed E-state index contributed by atoms with van der Waals surface area (Å²) in [5.74, 6) is 5.95. The molecule has 8 heteroatoms. The van der Waals surface area contributed by atoms with Gasteiger partial charge >= 0.3 is 12.1 Å². The van der Waals surface area contributed by atoms with Crippen molar-refractivity contribution < 1.29 is 14.3 Å². The van der Waals surface area contributed by atoms with Crippen LogP contribution in [0.4, 0.5) is 9.59 Å². The number of carbonyl (C=O) groups excluding carboxylic acids is 2. The predicted octanol–water partition coefficient (Wildman–Crippen LogP) is 4.87. The molecule has 1 unspecified atom stereocenters. The monoisotopic (exact) mass is 453 g/mol. The Morgan fingerprint density at radius 2 is 1.67 bits per heavy atom. The van der Waals surface area contributed by atoms with Crippen molar-refractivity contribution in [1.82, 2.24) is 16.0 Å². The van der Waals surface area contributed by atoms with Crippen molar-refractivity contribution in [3.63, 3.8) is 0 Å². The SMILES string of the molecule is CC(C#Cc1ccc(Cl)c(Cl)c1)NC(=O)NC1CCC(NC(=O)OC(C)(C)C)CC1. The third-order valence-electron chi connectivity index (χ3n) is 4.48. The van der Waals surface area contributed by atoms with Crippen LogP contribution in [0, 0.1) is 11.8 Å². The van der Waals surface area contributed by atoms with Gasteiger partial charge < -0.3 is 20.7 Å². The first kappa shape index (κ1) is 24.2. The molecule has 1 aromatic carbocycles. The van der Waals surface area contributed by atoms with Gasteiger partial charge in [-0.05, 0) is 71.6 Å². The normalized spacial score (nSPS) is 19.7. The van der Waals surface area contributed by atoms with E-state index in [0.29, 0.717) is 10.0 Å². The highest BCUT2D eigenvalue weighted by Gasteiger charge is 2.25. The van der Waals surface area contributed by atoms with Crippen LogP contribution in [-0.4, -0.2) is 35.9 Å². The number of halogens is 2. The zero-order valence-electron chi connectivity index (χ0n) is 17.8. The highest BCUT2D eigenvalue weighted by molar-refractivity contribution is 6.42. The fraction of sp³-hybridized carbons (Fsp3) is 0.545. The van der Waals surface area contributed by atoms with Crippen LogP contribution in [0.1, 0.15) is 58.9 Å². The number of urea groups is 1. The van der Waals surface area contributed by atoms with E-state index >= 15 is 0 Å². The van der Waals surface area contributed by atoms with Crippen molar-refractivity contribution in [1.29, 1.82) is 0 Å². The molecule has 3 N–H and O–H groups in total. The summed E-state index contributed by atoms with van der Waals surface area (Å²) < 4.78 is 5.29. The lowest BCUT2D eigenvalue weighted by Crippen LogP contribution is -2.48. The van der Waals surface area contributed by atoms with Gasteiger partial charge in [0, 0.05) is 17.6 Å². The molecule has 0 saturated heterocycles. The predicted molar refractivity (Wildman–Crippen MR) is 120 cm³/mol. The van der Waals surface area contributed by atoms with Gasteiger partial charge in [-0.3, -0.25) is 0 Å². The summed E-state index contributed by atoms with van der Waals surface area (Å²) in [6.45, 7) is 7.32. The molecule has 0 bridgehead atoms. The van der Waals surface area contributed by atoms with Crippen LogP contribution in [0.2, 0.25) is 10.0 Å². The Morgan fingerprint density at radius 1 is 1.07 bits per heavy atom. The van der Waals surface area contributed by atoms with Gasteiger partial charge in [-0.25, -0.2) is 9.59 Å². The molecule has 0 aliphatic heterocycles. The Kier molecular flexibility index (Phi) is 8.69. The van der Waals surface area contributed by atoms with Gasteiger partial charge in [0.2, 0.25) is 0 Å².